The summed E-state index contributed by atoms with van der Waals surface area (Å²) in [6, 6.07) is 12.6. The quantitative estimate of drug-likeness (QED) is 0.744. The highest BCUT2D eigenvalue weighted by Gasteiger charge is 2.11. The van der Waals surface area contributed by atoms with Crippen LogP contribution in [0.15, 0.2) is 42.5 Å². The van der Waals surface area contributed by atoms with Crippen LogP contribution in [0.1, 0.15) is 36.6 Å². The third-order valence-electron chi connectivity index (χ3n) is 3.95. The summed E-state index contributed by atoms with van der Waals surface area (Å²) in [6.45, 7) is 8.00. The van der Waals surface area contributed by atoms with Gasteiger partial charge < -0.3 is 20.5 Å². The summed E-state index contributed by atoms with van der Waals surface area (Å²) in [4.78, 5) is 12.0. The zero-order valence-corrected chi connectivity index (χ0v) is 15.2. The average molecular weight is 342 g/mol. The van der Waals surface area contributed by atoms with Gasteiger partial charge >= 0.3 is 6.03 Å². The number of hydrogen-bond donors (Lipinski definition) is 3. The summed E-state index contributed by atoms with van der Waals surface area (Å²) < 4.78 is 5.57. The Balaban J connectivity index is 1.87. The van der Waals surface area contributed by atoms with Crippen LogP contribution in [0.3, 0.4) is 0 Å². The molecule has 134 valence electrons. The van der Waals surface area contributed by atoms with Crippen molar-refractivity contribution >= 4 is 11.7 Å². The maximum atomic E-state index is 12.0. The Morgan fingerprint density at radius 3 is 2.44 bits per heavy atom. The Hall–Kier alpha value is -2.53. The van der Waals surface area contributed by atoms with E-state index in [-0.39, 0.29) is 18.7 Å². The van der Waals surface area contributed by atoms with Crippen LogP contribution in [-0.2, 0) is 0 Å². The predicted octanol–water partition coefficient (Wildman–Crippen LogP) is 3.95. The van der Waals surface area contributed by atoms with Gasteiger partial charge in [-0.25, -0.2) is 4.79 Å². The zero-order chi connectivity index (χ0) is 18.4. The van der Waals surface area contributed by atoms with Gasteiger partial charge in [-0.1, -0.05) is 24.3 Å². The zero-order valence-electron chi connectivity index (χ0n) is 15.2. The van der Waals surface area contributed by atoms with Gasteiger partial charge in [-0.15, -0.1) is 0 Å². The van der Waals surface area contributed by atoms with Crippen LogP contribution < -0.4 is 15.4 Å². The van der Waals surface area contributed by atoms with Crippen LogP contribution in [0, 0.1) is 13.8 Å². The Bertz CT molecular complexity index is 711. The molecule has 0 heterocycles. The standard InChI is InChI=1S/C20H26N2O3/c1-13(2)25-17-10-8-16(9-11-17)19(23)12-21-20(24)22-18-7-5-6-14(3)15(18)4/h5-11,13,19,23H,12H2,1-4H3,(H2,21,22,24). The van der Waals surface area contributed by atoms with Gasteiger partial charge in [0.2, 0.25) is 0 Å². The summed E-state index contributed by atoms with van der Waals surface area (Å²) in [5, 5.41) is 15.7. The molecule has 0 aliphatic carbocycles. The smallest absolute Gasteiger partial charge is 0.319 e. The molecular weight excluding hydrogens is 316 g/mol. The Labute approximate surface area is 149 Å². The van der Waals surface area contributed by atoms with Gasteiger partial charge in [-0.3, -0.25) is 0 Å². The molecule has 2 rings (SSSR count). The molecule has 0 saturated heterocycles. The van der Waals surface area contributed by atoms with Gasteiger partial charge in [0.1, 0.15) is 5.75 Å². The van der Waals surface area contributed by atoms with Gasteiger partial charge in [-0.05, 0) is 62.6 Å². The van der Waals surface area contributed by atoms with Gasteiger partial charge in [0, 0.05) is 12.2 Å². The Morgan fingerprint density at radius 1 is 1.12 bits per heavy atom. The highest BCUT2D eigenvalue weighted by atomic mass is 16.5. The van der Waals surface area contributed by atoms with Crippen molar-refractivity contribution in [3.63, 3.8) is 0 Å². The first kappa shape index (κ1) is 18.8. The number of aliphatic hydroxyl groups excluding tert-OH is 1. The average Bonchev–Trinajstić information content (AvgIpc) is 2.57. The number of aryl methyl sites for hydroxylation is 1. The summed E-state index contributed by atoms with van der Waals surface area (Å²) in [7, 11) is 0. The van der Waals surface area contributed by atoms with Crippen LogP contribution in [0.5, 0.6) is 5.75 Å². The lowest BCUT2D eigenvalue weighted by molar-refractivity contribution is 0.175. The maximum Gasteiger partial charge on any atom is 0.319 e. The third-order valence-corrected chi connectivity index (χ3v) is 3.95. The molecule has 1 atom stereocenters. The second-order valence-corrected chi connectivity index (χ2v) is 6.33. The highest BCUT2D eigenvalue weighted by Crippen LogP contribution is 2.19. The number of ether oxygens (including phenoxy) is 1. The molecule has 3 N–H and O–H groups in total. The molecule has 0 spiro atoms. The molecule has 5 nitrogen and oxygen atoms in total. The fourth-order valence-electron chi connectivity index (χ4n) is 2.40. The molecule has 2 aromatic carbocycles. The third kappa shape index (κ3) is 5.50. The van der Waals surface area contributed by atoms with Crippen molar-refractivity contribution in [1.29, 1.82) is 0 Å². The van der Waals surface area contributed by atoms with Crippen LogP contribution in [0.2, 0.25) is 0 Å². The van der Waals surface area contributed by atoms with Gasteiger partial charge in [0.15, 0.2) is 0 Å². The number of rotatable bonds is 6. The number of nitrogens with one attached hydrogen (secondary N) is 2. The second-order valence-electron chi connectivity index (χ2n) is 6.33. The molecule has 2 amide bonds. The minimum Gasteiger partial charge on any atom is -0.491 e. The van der Waals surface area contributed by atoms with Crippen molar-refractivity contribution in [2.45, 2.75) is 39.9 Å². The van der Waals surface area contributed by atoms with Crippen LogP contribution >= 0.6 is 0 Å². The van der Waals surface area contributed by atoms with E-state index in [4.69, 9.17) is 4.74 Å². The molecule has 1 unspecified atom stereocenters. The van der Waals surface area contributed by atoms with Crippen LogP contribution in [0.25, 0.3) is 0 Å². The van der Waals surface area contributed by atoms with Crippen molar-refractivity contribution < 1.29 is 14.6 Å². The monoisotopic (exact) mass is 342 g/mol. The topological polar surface area (TPSA) is 70.6 Å². The number of carbonyl (C=O) groups excluding carboxylic acids is 1. The fourth-order valence-corrected chi connectivity index (χ4v) is 2.40. The number of urea groups is 1. The molecule has 5 heteroatoms. The van der Waals surface area contributed by atoms with E-state index in [0.29, 0.717) is 0 Å². The first-order chi connectivity index (χ1) is 11.9. The van der Waals surface area contributed by atoms with Gasteiger partial charge in [0.05, 0.1) is 12.2 Å². The minimum atomic E-state index is -0.780. The molecule has 0 bridgehead atoms. The SMILES string of the molecule is Cc1cccc(NC(=O)NCC(O)c2ccc(OC(C)C)cc2)c1C. The lowest BCUT2D eigenvalue weighted by atomic mass is 10.1. The van der Waals surface area contributed by atoms with Crippen molar-refractivity contribution in [3.05, 3.63) is 59.2 Å². The number of amides is 2. The molecular formula is C20H26N2O3. The molecule has 0 saturated carbocycles. The van der Waals surface area contributed by atoms with Crippen molar-refractivity contribution in [1.82, 2.24) is 5.32 Å². The molecule has 2 aromatic rings. The van der Waals surface area contributed by atoms with Gasteiger partial charge in [0.25, 0.3) is 0 Å². The lowest BCUT2D eigenvalue weighted by Crippen LogP contribution is -2.32. The normalized spacial score (nSPS) is 11.9. The van der Waals surface area contributed by atoms with Crippen molar-refractivity contribution in [3.8, 4) is 5.75 Å². The molecule has 0 aromatic heterocycles. The second kappa shape index (κ2) is 8.53. The van der Waals surface area contributed by atoms with Gasteiger partial charge in [-0.2, -0.15) is 0 Å². The molecule has 0 radical (unpaired) electrons. The number of hydrogen-bond acceptors (Lipinski definition) is 3. The van der Waals surface area contributed by atoms with E-state index >= 15 is 0 Å². The van der Waals surface area contributed by atoms with Crippen LogP contribution in [-0.4, -0.2) is 23.8 Å². The van der Waals surface area contributed by atoms with Crippen molar-refractivity contribution in [2.24, 2.45) is 0 Å². The fraction of sp³-hybridized carbons (Fsp3) is 0.350. The minimum absolute atomic E-state index is 0.103. The van der Waals surface area contributed by atoms with E-state index in [2.05, 4.69) is 10.6 Å². The van der Waals surface area contributed by atoms with E-state index in [1.807, 2.05) is 58.0 Å². The van der Waals surface area contributed by atoms with Crippen LogP contribution in [0.4, 0.5) is 10.5 Å². The van der Waals surface area contributed by atoms with E-state index in [0.717, 1.165) is 28.1 Å². The first-order valence-corrected chi connectivity index (χ1v) is 8.42. The maximum absolute atomic E-state index is 12.0. The van der Waals surface area contributed by atoms with E-state index in [1.165, 1.54) is 0 Å². The predicted molar refractivity (Wildman–Crippen MR) is 100 cm³/mol. The summed E-state index contributed by atoms with van der Waals surface area (Å²) in [5.41, 5.74) is 3.63. The molecule has 0 aliphatic rings. The summed E-state index contributed by atoms with van der Waals surface area (Å²) in [5.74, 6) is 0.756. The number of carbonyl (C=O) groups is 1. The molecule has 0 aliphatic heterocycles. The first-order valence-electron chi connectivity index (χ1n) is 8.42. The molecule has 25 heavy (non-hydrogen) atoms. The van der Waals surface area contributed by atoms with E-state index in [9.17, 15) is 9.90 Å². The lowest BCUT2D eigenvalue weighted by Gasteiger charge is -2.15. The number of anilines is 1. The Morgan fingerprint density at radius 2 is 1.80 bits per heavy atom. The Kier molecular flexibility index (Phi) is 6.42. The van der Waals surface area contributed by atoms with E-state index in [1.54, 1.807) is 12.1 Å². The molecule has 0 fully saturated rings. The highest BCUT2D eigenvalue weighted by molar-refractivity contribution is 5.90. The summed E-state index contributed by atoms with van der Waals surface area (Å²) >= 11 is 0. The number of aliphatic hydroxyl groups is 1. The largest absolute Gasteiger partial charge is 0.491 e. The number of benzene rings is 2. The van der Waals surface area contributed by atoms with Crippen molar-refractivity contribution in [2.75, 3.05) is 11.9 Å². The van der Waals surface area contributed by atoms with E-state index < -0.39 is 6.10 Å². The summed E-state index contributed by atoms with van der Waals surface area (Å²) in [6.07, 6.45) is -0.677.